The van der Waals surface area contributed by atoms with Crippen molar-refractivity contribution in [1.29, 1.82) is 0 Å². The Labute approximate surface area is 115 Å². The summed E-state index contributed by atoms with van der Waals surface area (Å²) in [6, 6.07) is 8.36. The molecule has 0 unspecified atom stereocenters. The zero-order valence-corrected chi connectivity index (χ0v) is 11.5. The molecule has 0 N–H and O–H groups in total. The van der Waals surface area contributed by atoms with Crippen LogP contribution in [0.2, 0.25) is 0 Å². The van der Waals surface area contributed by atoms with Gasteiger partial charge in [-0.2, -0.15) is 0 Å². The van der Waals surface area contributed by atoms with Crippen LogP contribution in [-0.4, -0.2) is 9.97 Å². The van der Waals surface area contributed by atoms with Crippen LogP contribution in [0.3, 0.4) is 0 Å². The third kappa shape index (κ3) is 5.64. The Morgan fingerprint density at radius 3 is 1.53 bits per heavy atom. The van der Waals surface area contributed by atoms with Crippen LogP contribution in [0.15, 0.2) is 49.1 Å². The summed E-state index contributed by atoms with van der Waals surface area (Å²) in [7, 11) is 0. The summed E-state index contributed by atoms with van der Waals surface area (Å²) < 4.78 is 0. The van der Waals surface area contributed by atoms with Gasteiger partial charge in [0.15, 0.2) is 0 Å². The fourth-order valence-corrected chi connectivity index (χ4v) is 2.28. The summed E-state index contributed by atoms with van der Waals surface area (Å²) in [6.07, 6.45) is 16.5. The van der Waals surface area contributed by atoms with E-state index < -0.39 is 0 Å². The molecule has 19 heavy (non-hydrogen) atoms. The Kier molecular flexibility index (Phi) is 6.08. The van der Waals surface area contributed by atoms with Gasteiger partial charge in [-0.05, 0) is 48.9 Å². The fourth-order valence-electron chi connectivity index (χ4n) is 2.28. The highest BCUT2D eigenvalue weighted by Gasteiger charge is 1.95. The van der Waals surface area contributed by atoms with Crippen molar-refractivity contribution in [2.45, 2.75) is 44.9 Å². The van der Waals surface area contributed by atoms with E-state index >= 15 is 0 Å². The molecule has 2 nitrogen and oxygen atoms in total. The monoisotopic (exact) mass is 254 g/mol. The summed E-state index contributed by atoms with van der Waals surface area (Å²) in [5.41, 5.74) is 2.72. The van der Waals surface area contributed by atoms with Gasteiger partial charge in [0, 0.05) is 24.8 Å². The summed E-state index contributed by atoms with van der Waals surface area (Å²) in [5.74, 6) is 0. The summed E-state index contributed by atoms with van der Waals surface area (Å²) in [6.45, 7) is 0. The molecule has 0 aliphatic carbocycles. The van der Waals surface area contributed by atoms with Crippen LogP contribution in [-0.2, 0) is 12.8 Å². The number of hydrogen-bond donors (Lipinski definition) is 0. The van der Waals surface area contributed by atoms with Crippen LogP contribution in [0, 0.1) is 0 Å². The first-order chi connectivity index (χ1) is 9.45. The molecule has 0 saturated carbocycles. The van der Waals surface area contributed by atoms with Crippen LogP contribution in [0.1, 0.15) is 43.2 Å². The van der Waals surface area contributed by atoms with E-state index in [0.717, 1.165) is 12.8 Å². The van der Waals surface area contributed by atoms with Gasteiger partial charge >= 0.3 is 0 Å². The van der Waals surface area contributed by atoms with Crippen LogP contribution < -0.4 is 0 Å². The summed E-state index contributed by atoms with van der Waals surface area (Å²) in [5, 5.41) is 0. The Morgan fingerprint density at radius 2 is 1.11 bits per heavy atom. The van der Waals surface area contributed by atoms with E-state index in [1.54, 1.807) is 0 Å². The van der Waals surface area contributed by atoms with Gasteiger partial charge in [-0.15, -0.1) is 0 Å². The lowest BCUT2D eigenvalue weighted by molar-refractivity contribution is 0.613. The van der Waals surface area contributed by atoms with E-state index in [1.165, 1.54) is 43.2 Å². The molecule has 100 valence electrons. The maximum absolute atomic E-state index is 4.14. The Bertz CT molecular complexity index is 396. The minimum atomic E-state index is 1.16. The SMILES string of the molecule is c1cncc(CCCCCCCc2cccnc2)c1. The molecular formula is C17H22N2. The quantitative estimate of drug-likeness (QED) is 0.659. The molecule has 2 rings (SSSR count). The second kappa shape index (κ2) is 8.41. The van der Waals surface area contributed by atoms with Crippen molar-refractivity contribution in [2.24, 2.45) is 0 Å². The maximum Gasteiger partial charge on any atom is 0.0299 e. The Balaban J connectivity index is 1.49. The first-order valence-electron chi connectivity index (χ1n) is 7.23. The first-order valence-corrected chi connectivity index (χ1v) is 7.23. The van der Waals surface area contributed by atoms with Crippen LogP contribution in [0.25, 0.3) is 0 Å². The molecular weight excluding hydrogens is 232 g/mol. The van der Waals surface area contributed by atoms with Crippen molar-refractivity contribution < 1.29 is 0 Å². The van der Waals surface area contributed by atoms with Crippen molar-refractivity contribution in [1.82, 2.24) is 9.97 Å². The van der Waals surface area contributed by atoms with Crippen LogP contribution in [0.4, 0.5) is 0 Å². The molecule has 2 aromatic heterocycles. The van der Waals surface area contributed by atoms with Gasteiger partial charge in [0.25, 0.3) is 0 Å². The third-order valence-electron chi connectivity index (χ3n) is 3.38. The van der Waals surface area contributed by atoms with E-state index in [9.17, 15) is 0 Å². The van der Waals surface area contributed by atoms with Crippen molar-refractivity contribution in [2.75, 3.05) is 0 Å². The van der Waals surface area contributed by atoms with Crippen molar-refractivity contribution >= 4 is 0 Å². The van der Waals surface area contributed by atoms with Gasteiger partial charge in [-0.3, -0.25) is 9.97 Å². The number of pyridine rings is 2. The summed E-state index contributed by atoms with van der Waals surface area (Å²) >= 11 is 0. The minimum Gasteiger partial charge on any atom is -0.264 e. The lowest BCUT2D eigenvalue weighted by Gasteiger charge is -2.02. The Hall–Kier alpha value is -1.70. The zero-order valence-electron chi connectivity index (χ0n) is 11.5. The molecule has 0 spiro atoms. The van der Waals surface area contributed by atoms with E-state index in [-0.39, 0.29) is 0 Å². The average molecular weight is 254 g/mol. The second-order valence-electron chi connectivity index (χ2n) is 4.99. The van der Waals surface area contributed by atoms with Gasteiger partial charge in [-0.1, -0.05) is 31.4 Å². The maximum atomic E-state index is 4.14. The molecule has 0 bridgehead atoms. The molecule has 0 aliphatic rings. The van der Waals surface area contributed by atoms with Gasteiger partial charge in [-0.25, -0.2) is 0 Å². The molecule has 0 aromatic carbocycles. The van der Waals surface area contributed by atoms with E-state index in [1.807, 2.05) is 36.9 Å². The Morgan fingerprint density at radius 1 is 0.632 bits per heavy atom. The van der Waals surface area contributed by atoms with Gasteiger partial charge in [0.2, 0.25) is 0 Å². The van der Waals surface area contributed by atoms with Crippen LogP contribution in [0.5, 0.6) is 0 Å². The average Bonchev–Trinajstić information content (AvgIpc) is 2.48. The molecule has 0 atom stereocenters. The second-order valence-corrected chi connectivity index (χ2v) is 4.99. The predicted octanol–water partition coefficient (Wildman–Crippen LogP) is 4.21. The van der Waals surface area contributed by atoms with Gasteiger partial charge < -0.3 is 0 Å². The molecule has 0 radical (unpaired) electrons. The number of nitrogens with zero attached hydrogens (tertiary/aromatic N) is 2. The molecule has 0 fully saturated rings. The van der Waals surface area contributed by atoms with E-state index in [4.69, 9.17) is 0 Å². The van der Waals surface area contributed by atoms with Crippen molar-refractivity contribution in [3.8, 4) is 0 Å². The topological polar surface area (TPSA) is 25.8 Å². The standard InChI is InChI=1S/C17H22N2/c1(2-4-8-16-10-6-12-18-14-16)3-5-9-17-11-7-13-19-15-17/h6-7,10-15H,1-5,8-9H2. The number of aryl methyl sites for hydroxylation is 2. The molecule has 0 amide bonds. The van der Waals surface area contributed by atoms with Crippen molar-refractivity contribution in [3.05, 3.63) is 60.2 Å². The molecule has 2 heteroatoms. The highest BCUT2D eigenvalue weighted by atomic mass is 14.6. The third-order valence-corrected chi connectivity index (χ3v) is 3.38. The summed E-state index contributed by atoms with van der Waals surface area (Å²) in [4.78, 5) is 8.28. The lowest BCUT2D eigenvalue weighted by Crippen LogP contribution is -1.89. The normalized spacial score (nSPS) is 10.5. The van der Waals surface area contributed by atoms with E-state index in [2.05, 4.69) is 22.1 Å². The first kappa shape index (κ1) is 13.7. The number of rotatable bonds is 8. The van der Waals surface area contributed by atoms with Gasteiger partial charge in [0.1, 0.15) is 0 Å². The zero-order chi connectivity index (χ0) is 13.2. The van der Waals surface area contributed by atoms with Crippen molar-refractivity contribution in [3.63, 3.8) is 0 Å². The van der Waals surface area contributed by atoms with Gasteiger partial charge in [0.05, 0.1) is 0 Å². The molecule has 2 heterocycles. The molecule has 2 aromatic rings. The molecule has 0 aliphatic heterocycles. The fraction of sp³-hybridized carbons (Fsp3) is 0.412. The molecule has 0 saturated heterocycles. The lowest BCUT2D eigenvalue weighted by atomic mass is 10.0. The highest BCUT2D eigenvalue weighted by molar-refractivity contribution is 5.08. The number of unbranched alkanes of at least 4 members (excludes halogenated alkanes) is 4. The largest absolute Gasteiger partial charge is 0.264 e. The smallest absolute Gasteiger partial charge is 0.0299 e. The number of aromatic nitrogens is 2. The van der Waals surface area contributed by atoms with Crippen LogP contribution >= 0.6 is 0 Å². The predicted molar refractivity (Wildman–Crippen MR) is 79.0 cm³/mol. The minimum absolute atomic E-state index is 1.16. The number of hydrogen-bond acceptors (Lipinski definition) is 2. The van der Waals surface area contributed by atoms with E-state index in [0.29, 0.717) is 0 Å². The highest BCUT2D eigenvalue weighted by Crippen LogP contribution is 2.10.